The van der Waals surface area contributed by atoms with Gasteiger partial charge in [0.05, 0.1) is 7.11 Å². The van der Waals surface area contributed by atoms with Crippen molar-refractivity contribution in [2.45, 2.75) is 12.5 Å². The van der Waals surface area contributed by atoms with E-state index in [1.807, 2.05) is 24.3 Å². The zero-order chi connectivity index (χ0) is 13.8. The maximum absolute atomic E-state index is 6.27. The summed E-state index contributed by atoms with van der Waals surface area (Å²) in [6.45, 7) is 0. The van der Waals surface area contributed by atoms with Crippen molar-refractivity contribution >= 4 is 27.5 Å². The van der Waals surface area contributed by atoms with Gasteiger partial charge in [-0.25, -0.2) is 0 Å². The molecule has 0 spiro atoms. The van der Waals surface area contributed by atoms with Crippen LogP contribution in [-0.4, -0.2) is 7.11 Å². The van der Waals surface area contributed by atoms with Gasteiger partial charge in [0, 0.05) is 21.1 Å². The van der Waals surface area contributed by atoms with Gasteiger partial charge < -0.3 is 10.5 Å². The van der Waals surface area contributed by atoms with Crippen LogP contribution in [0.2, 0.25) is 5.02 Å². The summed E-state index contributed by atoms with van der Waals surface area (Å²) in [5, 5.41) is 0.667. The molecule has 0 saturated heterocycles. The second-order valence-electron chi connectivity index (χ2n) is 4.33. The van der Waals surface area contributed by atoms with E-state index in [-0.39, 0.29) is 6.04 Å². The van der Waals surface area contributed by atoms with E-state index < -0.39 is 0 Å². The highest BCUT2D eigenvalue weighted by atomic mass is 79.9. The molecule has 0 aliphatic heterocycles. The SMILES string of the molecule is COc1ccc(Cl)cc1C(N)Cc1cccc(Br)c1. The maximum Gasteiger partial charge on any atom is 0.123 e. The Hall–Kier alpha value is -1.03. The van der Waals surface area contributed by atoms with Crippen LogP contribution in [0.3, 0.4) is 0 Å². The van der Waals surface area contributed by atoms with Crippen LogP contribution in [0.1, 0.15) is 17.2 Å². The van der Waals surface area contributed by atoms with Crippen molar-refractivity contribution in [2.75, 3.05) is 7.11 Å². The molecule has 0 aliphatic rings. The quantitative estimate of drug-likeness (QED) is 0.898. The lowest BCUT2D eigenvalue weighted by Crippen LogP contribution is -2.14. The molecular formula is C15H15BrClNO. The molecule has 0 heterocycles. The number of benzene rings is 2. The van der Waals surface area contributed by atoms with Crippen LogP contribution in [0.15, 0.2) is 46.9 Å². The first-order chi connectivity index (χ1) is 9.10. The van der Waals surface area contributed by atoms with Crippen molar-refractivity contribution in [3.63, 3.8) is 0 Å². The van der Waals surface area contributed by atoms with Gasteiger partial charge in [0.25, 0.3) is 0 Å². The lowest BCUT2D eigenvalue weighted by molar-refractivity contribution is 0.405. The number of halogens is 2. The minimum Gasteiger partial charge on any atom is -0.496 e. The Labute approximate surface area is 126 Å². The first-order valence-corrected chi connectivity index (χ1v) is 7.10. The van der Waals surface area contributed by atoms with Crippen molar-refractivity contribution in [2.24, 2.45) is 5.73 Å². The molecule has 19 heavy (non-hydrogen) atoms. The Morgan fingerprint density at radius 3 is 2.74 bits per heavy atom. The van der Waals surface area contributed by atoms with Crippen LogP contribution in [0.25, 0.3) is 0 Å². The van der Waals surface area contributed by atoms with Crippen LogP contribution < -0.4 is 10.5 Å². The van der Waals surface area contributed by atoms with Gasteiger partial charge in [0.1, 0.15) is 5.75 Å². The average molecular weight is 341 g/mol. The summed E-state index contributed by atoms with van der Waals surface area (Å²) in [5.41, 5.74) is 8.36. The van der Waals surface area contributed by atoms with E-state index in [4.69, 9.17) is 22.1 Å². The van der Waals surface area contributed by atoms with Crippen molar-refractivity contribution in [3.8, 4) is 5.75 Å². The Kier molecular flexibility index (Phi) is 4.86. The molecule has 2 aromatic rings. The van der Waals surface area contributed by atoms with Gasteiger partial charge in [-0.3, -0.25) is 0 Å². The predicted molar refractivity (Wildman–Crippen MR) is 82.8 cm³/mol. The summed E-state index contributed by atoms with van der Waals surface area (Å²) in [5.74, 6) is 0.770. The van der Waals surface area contributed by atoms with Gasteiger partial charge in [-0.05, 0) is 42.3 Å². The molecule has 0 radical (unpaired) electrons. The van der Waals surface area contributed by atoms with Crippen LogP contribution in [0, 0.1) is 0 Å². The molecule has 0 aliphatic carbocycles. The summed E-state index contributed by atoms with van der Waals surface area (Å²) in [4.78, 5) is 0. The largest absolute Gasteiger partial charge is 0.496 e. The van der Waals surface area contributed by atoms with E-state index in [9.17, 15) is 0 Å². The molecule has 4 heteroatoms. The minimum atomic E-state index is -0.150. The molecular weight excluding hydrogens is 326 g/mol. The molecule has 1 unspecified atom stereocenters. The highest BCUT2D eigenvalue weighted by Gasteiger charge is 2.13. The molecule has 2 nitrogen and oxygen atoms in total. The third-order valence-corrected chi connectivity index (χ3v) is 3.66. The second kappa shape index (κ2) is 6.42. The summed E-state index contributed by atoms with van der Waals surface area (Å²) in [6, 6.07) is 13.5. The highest BCUT2D eigenvalue weighted by Crippen LogP contribution is 2.29. The van der Waals surface area contributed by atoms with Gasteiger partial charge in [0.2, 0.25) is 0 Å². The third kappa shape index (κ3) is 3.72. The first kappa shape index (κ1) is 14.4. The maximum atomic E-state index is 6.27. The highest BCUT2D eigenvalue weighted by molar-refractivity contribution is 9.10. The van der Waals surface area contributed by atoms with E-state index in [1.165, 1.54) is 5.56 Å². The standard InChI is InChI=1S/C15H15BrClNO/c1-19-15-6-5-12(17)9-13(15)14(18)8-10-3-2-4-11(16)7-10/h2-7,9,14H,8,18H2,1H3. The molecule has 2 aromatic carbocycles. The van der Waals surface area contributed by atoms with Crippen molar-refractivity contribution in [3.05, 3.63) is 63.1 Å². The van der Waals surface area contributed by atoms with Gasteiger partial charge in [0.15, 0.2) is 0 Å². The third-order valence-electron chi connectivity index (χ3n) is 2.94. The fourth-order valence-electron chi connectivity index (χ4n) is 2.02. The Balaban J connectivity index is 2.24. The molecule has 0 saturated carbocycles. The minimum absolute atomic E-state index is 0.150. The lowest BCUT2D eigenvalue weighted by Gasteiger charge is -2.16. The molecule has 1 atom stereocenters. The van der Waals surface area contributed by atoms with Crippen molar-refractivity contribution in [1.82, 2.24) is 0 Å². The Bertz CT molecular complexity index is 574. The number of rotatable bonds is 4. The fourth-order valence-corrected chi connectivity index (χ4v) is 2.65. The van der Waals surface area contributed by atoms with Crippen LogP contribution in [0.4, 0.5) is 0 Å². The molecule has 100 valence electrons. The number of ether oxygens (including phenoxy) is 1. The molecule has 0 fully saturated rings. The molecule has 0 bridgehead atoms. The summed E-state index contributed by atoms with van der Waals surface area (Å²) in [7, 11) is 1.64. The number of hydrogen-bond acceptors (Lipinski definition) is 2. The molecule has 2 N–H and O–H groups in total. The number of hydrogen-bond donors (Lipinski definition) is 1. The van der Waals surface area contributed by atoms with E-state index >= 15 is 0 Å². The summed E-state index contributed by atoms with van der Waals surface area (Å²) in [6.07, 6.45) is 0.732. The van der Waals surface area contributed by atoms with Gasteiger partial charge in [-0.15, -0.1) is 0 Å². The van der Waals surface area contributed by atoms with Crippen molar-refractivity contribution in [1.29, 1.82) is 0 Å². The van der Waals surface area contributed by atoms with Gasteiger partial charge in [-0.1, -0.05) is 39.7 Å². The van der Waals surface area contributed by atoms with E-state index in [2.05, 4.69) is 28.1 Å². The topological polar surface area (TPSA) is 35.2 Å². The van der Waals surface area contributed by atoms with Gasteiger partial charge in [-0.2, -0.15) is 0 Å². The zero-order valence-electron chi connectivity index (χ0n) is 10.6. The normalized spacial score (nSPS) is 12.2. The van der Waals surface area contributed by atoms with Crippen molar-refractivity contribution < 1.29 is 4.74 Å². The molecule has 2 rings (SSSR count). The molecule has 0 aromatic heterocycles. The van der Waals surface area contributed by atoms with Gasteiger partial charge >= 0.3 is 0 Å². The molecule has 0 amide bonds. The van der Waals surface area contributed by atoms with E-state index in [0.29, 0.717) is 5.02 Å². The van der Waals surface area contributed by atoms with Crippen LogP contribution in [-0.2, 0) is 6.42 Å². The second-order valence-corrected chi connectivity index (χ2v) is 5.68. The average Bonchev–Trinajstić information content (AvgIpc) is 2.38. The summed E-state index contributed by atoms with van der Waals surface area (Å²) < 4.78 is 6.39. The monoisotopic (exact) mass is 339 g/mol. The smallest absolute Gasteiger partial charge is 0.123 e. The Morgan fingerprint density at radius 1 is 1.26 bits per heavy atom. The van der Waals surface area contributed by atoms with Crippen LogP contribution >= 0.6 is 27.5 Å². The lowest BCUT2D eigenvalue weighted by atomic mass is 9.99. The Morgan fingerprint density at radius 2 is 2.05 bits per heavy atom. The number of nitrogens with two attached hydrogens (primary N) is 1. The first-order valence-electron chi connectivity index (χ1n) is 5.93. The van der Waals surface area contributed by atoms with Crippen LogP contribution in [0.5, 0.6) is 5.75 Å². The van der Waals surface area contributed by atoms with E-state index in [1.54, 1.807) is 13.2 Å². The summed E-state index contributed by atoms with van der Waals surface area (Å²) >= 11 is 9.49. The van der Waals surface area contributed by atoms with E-state index in [0.717, 1.165) is 22.2 Å². The zero-order valence-corrected chi connectivity index (χ0v) is 12.9. The number of methoxy groups -OCH3 is 1. The predicted octanol–water partition coefficient (Wildman–Crippen LogP) is 4.35. The fraction of sp³-hybridized carbons (Fsp3) is 0.200.